The summed E-state index contributed by atoms with van der Waals surface area (Å²) in [5.74, 6) is -0.0361. The van der Waals surface area contributed by atoms with E-state index in [0.29, 0.717) is 28.9 Å². The fourth-order valence-electron chi connectivity index (χ4n) is 4.49. The van der Waals surface area contributed by atoms with E-state index in [2.05, 4.69) is 21.2 Å². The van der Waals surface area contributed by atoms with Crippen molar-refractivity contribution < 1.29 is 22.7 Å². The van der Waals surface area contributed by atoms with Crippen molar-refractivity contribution in [3.05, 3.63) is 87.9 Å². The number of benzene rings is 3. The van der Waals surface area contributed by atoms with Gasteiger partial charge in [-0.15, -0.1) is 0 Å². The average molecular weight is 659 g/mol. The quantitative estimate of drug-likeness (QED) is 0.249. The largest absolute Gasteiger partial charge is 0.496 e. The molecule has 0 aliphatic carbocycles. The van der Waals surface area contributed by atoms with Crippen LogP contribution in [0.15, 0.2) is 76.1 Å². The fraction of sp³-hybridized carbons (Fsp3) is 0.375. The number of hydrogen-bond acceptors (Lipinski definition) is 5. The van der Waals surface area contributed by atoms with Gasteiger partial charge in [0, 0.05) is 13.1 Å². The third-order valence-corrected chi connectivity index (χ3v) is 9.37. The Kier molecular flexibility index (Phi) is 11.6. The van der Waals surface area contributed by atoms with Gasteiger partial charge < -0.3 is 15.0 Å². The minimum absolute atomic E-state index is 0.00396. The molecule has 10 heteroatoms. The van der Waals surface area contributed by atoms with E-state index in [1.165, 1.54) is 24.1 Å². The molecule has 0 heterocycles. The molecule has 1 atom stereocenters. The molecular formula is C32H40BrN3O5S. The van der Waals surface area contributed by atoms with E-state index in [1.807, 2.05) is 58.9 Å². The Labute approximate surface area is 258 Å². The molecule has 0 aliphatic heterocycles. The molecule has 3 rings (SSSR count). The maximum absolute atomic E-state index is 14.2. The van der Waals surface area contributed by atoms with Crippen LogP contribution in [0.4, 0.5) is 5.69 Å². The van der Waals surface area contributed by atoms with E-state index < -0.39 is 28.5 Å². The summed E-state index contributed by atoms with van der Waals surface area (Å²) in [7, 11) is -2.70. The van der Waals surface area contributed by atoms with Gasteiger partial charge in [0.05, 0.1) is 22.2 Å². The second-order valence-electron chi connectivity index (χ2n) is 10.7. The Balaban J connectivity index is 2.08. The first-order chi connectivity index (χ1) is 19.9. The Bertz CT molecular complexity index is 1490. The SMILES string of the molecule is CC[C@H](C(=O)NCC(C)C)N(Cc1ccccc1C)C(=O)CN(c1ccc(C)cc1)S(=O)(=O)c1ccc(OC)c(Br)c1. The number of hydrogen-bond donors (Lipinski definition) is 1. The van der Waals surface area contributed by atoms with Crippen molar-refractivity contribution in [2.24, 2.45) is 5.92 Å². The van der Waals surface area contributed by atoms with Gasteiger partial charge in [0.25, 0.3) is 10.0 Å². The molecule has 0 saturated heterocycles. The molecule has 0 fully saturated rings. The van der Waals surface area contributed by atoms with Crippen LogP contribution >= 0.6 is 15.9 Å². The number of amides is 2. The summed E-state index contributed by atoms with van der Waals surface area (Å²) in [6.45, 7) is 9.84. The third-order valence-electron chi connectivity index (χ3n) is 6.98. The number of aryl methyl sites for hydroxylation is 2. The van der Waals surface area contributed by atoms with Crippen LogP contribution in [0, 0.1) is 19.8 Å². The number of rotatable bonds is 13. The van der Waals surface area contributed by atoms with Gasteiger partial charge in [-0.3, -0.25) is 13.9 Å². The first-order valence-electron chi connectivity index (χ1n) is 13.9. The second kappa shape index (κ2) is 14.7. The highest BCUT2D eigenvalue weighted by atomic mass is 79.9. The summed E-state index contributed by atoms with van der Waals surface area (Å²) in [5.41, 5.74) is 3.14. The summed E-state index contributed by atoms with van der Waals surface area (Å²) in [4.78, 5) is 29.1. The molecule has 0 saturated carbocycles. The van der Waals surface area contributed by atoms with Gasteiger partial charge in [0.15, 0.2) is 0 Å². The summed E-state index contributed by atoms with van der Waals surface area (Å²) in [6.07, 6.45) is 0.365. The molecule has 226 valence electrons. The van der Waals surface area contributed by atoms with Crippen LogP contribution < -0.4 is 14.4 Å². The summed E-state index contributed by atoms with van der Waals surface area (Å²) < 4.78 is 35.1. The first-order valence-corrected chi connectivity index (χ1v) is 16.2. The molecule has 0 unspecified atom stereocenters. The third kappa shape index (κ3) is 8.13. The molecule has 0 bridgehead atoms. The Morgan fingerprint density at radius 2 is 1.67 bits per heavy atom. The lowest BCUT2D eigenvalue weighted by Gasteiger charge is -2.33. The van der Waals surface area contributed by atoms with Gasteiger partial charge in [-0.1, -0.05) is 62.7 Å². The smallest absolute Gasteiger partial charge is 0.264 e. The number of nitrogens with one attached hydrogen (secondary N) is 1. The van der Waals surface area contributed by atoms with E-state index in [1.54, 1.807) is 30.3 Å². The predicted octanol–water partition coefficient (Wildman–Crippen LogP) is 5.85. The van der Waals surface area contributed by atoms with Crippen molar-refractivity contribution in [2.75, 3.05) is 24.5 Å². The van der Waals surface area contributed by atoms with Gasteiger partial charge in [-0.25, -0.2) is 8.42 Å². The molecule has 2 amide bonds. The predicted molar refractivity (Wildman–Crippen MR) is 170 cm³/mol. The van der Waals surface area contributed by atoms with E-state index in [0.717, 1.165) is 21.0 Å². The monoisotopic (exact) mass is 657 g/mol. The van der Waals surface area contributed by atoms with E-state index in [4.69, 9.17) is 4.74 Å². The molecule has 0 radical (unpaired) electrons. The topological polar surface area (TPSA) is 96.0 Å². The summed E-state index contributed by atoms with van der Waals surface area (Å²) >= 11 is 3.37. The molecule has 0 aliphatic rings. The number of nitrogens with zero attached hydrogens (tertiary/aromatic N) is 2. The molecule has 0 spiro atoms. The molecule has 3 aromatic carbocycles. The highest BCUT2D eigenvalue weighted by molar-refractivity contribution is 9.10. The number of methoxy groups -OCH3 is 1. The number of anilines is 1. The molecule has 8 nitrogen and oxygen atoms in total. The maximum atomic E-state index is 14.2. The molecule has 42 heavy (non-hydrogen) atoms. The lowest BCUT2D eigenvalue weighted by molar-refractivity contribution is -0.140. The van der Waals surface area contributed by atoms with Crippen LogP contribution in [0.1, 0.15) is 43.9 Å². The molecule has 3 aromatic rings. The van der Waals surface area contributed by atoms with E-state index >= 15 is 0 Å². The number of sulfonamides is 1. The minimum Gasteiger partial charge on any atom is -0.496 e. The Hall–Kier alpha value is -3.37. The van der Waals surface area contributed by atoms with E-state index in [-0.39, 0.29) is 23.3 Å². The normalized spacial score (nSPS) is 12.1. The van der Waals surface area contributed by atoms with Gasteiger partial charge in [0.1, 0.15) is 18.3 Å². The van der Waals surface area contributed by atoms with Gasteiger partial charge in [-0.05, 0) is 83.6 Å². The highest BCUT2D eigenvalue weighted by Gasteiger charge is 2.34. The summed E-state index contributed by atoms with van der Waals surface area (Å²) in [6, 6.07) is 18.3. The highest BCUT2D eigenvalue weighted by Crippen LogP contribution is 2.31. The lowest BCUT2D eigenvalue weighted by atomic mass is 10.1. The van der Waals surface area contributed by atoms with Crippen molar-refractivity contribution in [3.63, 3.8) is 0 Å². The Morgan fingerprint density at radius 3 is 2.24 bits per heavy atom. The van der Waals surface area contributed by atoms with Crippen LogP contribution in [0.2, 0.25) is 0 Å². The van der Waals surface area contributed by atoms with Gasteiger partial charge >= 0.3 is 0 Å². The first kappa shape index (κ1) is 33.1. The average Bonchev–Trinajstić information content (AvgIpc) is 2.96. The van der Waals surface area contributed by atoms with Crippen LogP contribution in [0.3, 0.4) is 0 Å². The van der Waals surface area contributed by atoms with Crippen molar-refractivity contribution in [2.45, 2.75) is 58.5 Å². The molecule has 1 N–H and O–H groups in total. The van der Waals surface area contributed by atoms with E-state index in [9.17, 15) is 18.0 Å². The summed E-state index contributed by atoms with van der Waals surface area (Å²) in [5, 5.41) is 2.95. The van der Waals surface area contributed by atoms with Crippen LogP contribution in [-0.4, -0.2) is 51.4 Å². The van der Waals surface area contributed by atoms with Crippen molar-refractivity contribution in [3.8, 4) is 5.75 Å². The molecular weight excluding hydrogens is 618 g/mol. The van der Waals surface area contributed by atoms with Crippen molar-refractivity contribution >= 4 is 43.5 Å². The fourth-order valence-corrected chi connectivity index (χ4v) is 6.62. The van der Waals surface area contributed by atoms with Gasteiger partial charge in [0.2, 0.25) is 11.8 Å². The zero-order valence-corrected chi connectivity index (χ0v) is 27.5. The van der Waals surface area contributed by atoms with Gasteiger partial charge in [-0.2, -0.15) is 0 Å². The van der Waals surface area contributed by atoms with Crippen LogP contribution in [0.25, 0.3) is 0 Å². The van der Waals surface area contributed by atoms with Crippen molar-refractivity contribution in [1.29, 1.82) is 0 Å². The number of ether oxygens (including phenoxy) is 1. The zero-order valence-electron chi connectivity index (χ0n) is 25.1. The van der Waals surface area contributed by atoms with Crippen molar-refractivity contribution in [1.82, 2.24) is 10.2 Å². The number of carbonyl (C=O) groups is 2. The lowest BCUT2D eigenvalue weighted by Crippen LogP contribution is -2.52. The maximum Gasteiger partial charge on any atom is 0.264 e. The number of carbonyl (C=O) groups excluding carboxylic acids is 2. The second-order valence-corrected chi connectivity index (χ2v) is 13.4. The van der Waals surface area contributed by atoms with Crippen LogP contribution in [0.5, 0.6) is 5.75 Å². The van der Waals surface area contributed by atoms with Crippen LogP contribution in [-0.2, 0) is 26.2 Å². The molecule has 0 aromatic heterocycles. The minimum atomic E-state index is -4.20. The Morgan fingerprint density at radius 1 is 1.00 bits per heavy atom. The standard InChI is InChI=1S/C32H40BrN3O5S/c1-7-29(32(38)34-19-22(2)3)35(20-25-11-9-8-10-24(25)5)31(37)21-36(26-14-12-23(4)13-15-26)42(39,40)27-16-17-30(41-6)28(33)18-27/h8-18,22,29H,7,19-21H2,1-6H3,(H,34,38)/t29-/m1/s1. The zero-order chi connectivity index (χ0) is 31.0. The number of halogens is 1.